The number of hydroxylamine groups is 2. The maximum absolute atomic E-state index is 12.5. The molecule has 0 aliphatic carbocycles. The van der Waals surface area contributed by atoms with E-state index in [0.717, 1.165) is 18.4 Å². The molecule has 0 unspecified atom stereocenters. The topological polar surface area (TPSA) is 63.7 Å². The van der Waals surface area contributed by atoms with Crippen LogP contribution in [0.1, 0.15) is 45.5 Å². The number of benzene rings is 2. The molecule has 0 saturated heterocycles. The second kappa shape index (κ2) is 8.70. The van der Waals surface area contributed by atoms with Crippen molar-refractivity contribution in [1.29, 1.82) is 0 Å². The lowest BCUT2D eigenvalue weighted by atomic mass is 10.1. The van der Waals surface area contributed by atoms with Gasteiger partial charge in [0.25, 0.3) is 11.8 Å². The molecule has 2 aromatic rings. The summed E-state index contributed by atoms with van der Waals surface area (Å²) in [5, 5.41) is -0.393. The molecule has 9 heteroatoms. The van der Waals surface area contributed by atoms with E-state index in [2.05, 4.69) is 0 Å². The summed E-state index contributed by atoms with van der Waals surface area (Å²) in [7, 11) is 0. The van der Waals surface area contributed by atoms with Crippen LogP contribution in [0.4, 0.5) is 0 Å². The Morgan fingerprint density at radius 3 is 1.89 bits per heavy atom. The summed E-state index contributed by atoms with van der Waals surface area (Å²) in [6, 6.07) is 9.82. The summed E-state index contributed by atoms with van der Waals surface area (Å²) in [6.07, 6.45) is 2.15. The van der Waals surface area contributed by atoms with Crippen LogP contribution >= 0.6 is 46.4 Å². The highest BCUT2D eigenvalue weighted by atomic mass is 35.5. The number of nitrogens with zero attached hydrogens (tertiary/aromatic N) is 1. The number of amides is 2. The third-order valence-corrected chi connectivity index (χ3v) is 6.00. The van der Waals surface area contributed by atoms with E-state index in [1.54, 1.807) is 0 Å². The van der Waals surface area contributed by atoms with Gasteiger partial charge in [-0.15, -0.1) is 0 Å². The Balaban J connectivity index is 1.62. The molecule has 0 atom stereocenters. The van der Waals surface area contributed by atoms with E-state index < -0.39 is 17.8 Å². The maximum Gasteiger partial charge on any atom is 0.333 e. The average molecular weight is 461 g/mol. The first kappa shape index (κ1) is 20.9. The molecule has 0 N–H and O–H groups in total. The number of fused-ring (bicyclic) bond motifs is 1. The Labute approximate surface area is 181 Å². The Kier molecular flexibility index (Phi) is 6.50. The predicted molar refractivity (Wildman–Crippen MR) is 107 cm³/mol. The zero-order valence-electron chi connectivity index (χ0n) is 14.3. The normalized spacial score (nSPS) is 13.1. The van der Waals surface area contributed by atoms with E-state index in [1.807, 2.05) is 30.3 Å². The highest BCUT2D eigenvalue weighted by molar-refractivity contribution is 6.55. The van der Waals surface area contributed by atoms with Gasteiger partial charge in [0.1, 0.15) is 0 Å². The minimum atomic E-state index is -0.914. The molecule has 5 nitrogen and oxygen atoms in total. The maximum atomic E-state index is 12.5. The van der Waals surface area contributed by atoms with Crippen LogP contribution in [0.2, 0.25) is 20.1 Å². The van der Waals surface area contributed by atoms with Gasteiger partial charge < -0.3 is 4.84 Å². The highest BCUT2D eigenvalue weighted by Gasteiger charge is 2.44. The third kappa shape index (κ3) is 3.98. The first-order valence-corrected chi connectivity index (χ1v) is 9.83. The van der Waals surface area contributed by atoms with Crippen LogP contribution < -0.4 is 0 Å². The largest absolute Gasteiger partial charge is 0.333 e. The molecule has 0 aromatic heterocycles. The summed E-state index contributed by atoms with van der Waals surface area (Å²) < 4.78 is 0. The molecule has 2 aromatic carbocycles. The number of rotatable bonds is 6. The molecular weight excluding hydrogens is 448 g/mol. The highest BCUT2D eigenvalue weighted by Crippen LogP contribution is 2.44. The van der Waals surface area contributed by atoms with Gasteiger partial charge in [0, 0.05) is 6.42 Å². The van der Waals surface area contributed by atoms with Crippen molar-refractivity contribution < 1.29 is 19.2 Å². The van der Waals surface area contributed by atoms with Crippen LogP contribution in [0.5, 0.6) is 0 Å². The van der Waals surface area contributed by atoms with Crippen LogP contribution in [0.25, 0.3) is 0 Å². The van der Waals surface area contributed by atoms with Gasteiger partial charge >= 0.3 is 5.97 Å². The number of unbranched alkanes of at least 4 members (excludes halogenated alkanes) is 1. The van der Waals surface area contributed by atoms with Crippen molar-refractivity contribution in [1.82, 2.24) is 5.06 Å². The van der Waals surface area contributed by atoms with Crippen molar-refractivity contribution in [3.8, 4) is 0 Å². The standard InChI is InChI=1S/C19H13Cl4NO4/c20-14-12-13(15(21)17(23)16(14)22)19(27)24(18(12)26)28-11(25)9-5-4-8-10-6-2-1-3-7-10/h1-3,6-7H,4-5,8-9H2. The average Bonchev–Trinajstić information content (AvgIpc) is 2.93. The van der Waals surface area contributed by atoms with Crippen molar-refractivity contribution in [3.05, 3.63) is 67.1 Å². The number of halogens is 4. The minimum Gasteiger partial charge on any atom is -0.330 e. The van der Waals surface area contributed by atoms with Crippen LogP contribution in [-0.2, 0) is 16.1 Å². The molecule has 3 rings (SSSR count). The van der Waals surface area contributed by atoms with Crippen molar-refractivity contribution in [3.63, 3.8) is 0 Å². The third-order valence-electron chi connectivity index (χ3n) is 4.20. The van der Waals surface area contributed by atoms with Gasteiger partial charge in [0.2, 0.25) is 0 Å². The lowest BCUT2D eigenvalue weighted by molar-refractivity contribution is -0.168. The number of imide groups is 1. The van der Waals surface area contributed by atoms with Gasteiger partial charge in [-0.1, -0.05) is 81.8 Å². The lowest BCUT2D eigenvalue weighted by Crippen LogP contribution is -2.32. The van der Waals surface area contributed by atoms with Gasteiger partial charge in [-0.05, 0) is 24.8 Å². The fourth-order valence-corrected chi connectivity index (χ4v) is 3.82. The summed E-state index contributed by atoms with van der Waals surface area (Å²) in [6.45, 7) is 0. The van der Waals surface area contributed by atoms with E-state index in [1.165, 1.54) is 0 Å². The van der Waals surface area contributed by atoms with Crippen molar-refractivity contribution in [2.24, 2.45) is 0 Å². The Morgan fingerprint density at radius 1 is 0.821 bits per heavy atom. The zero-order chi connectivity index (χ0) is 20.4. The molecular formula is C19H13Cl4NO4. The number of carbonyl (C=O) groups is 3. The molecule has 0 fully saturated rings. The monoisotopic (exact) mass is 459 g/mol. The number of aryl methyl sites for hydroxylation is 1. The molecule has 0 bridgehead atoms. The molecule has 1 aliphatic heterocycles. The summed E-state index contributed by atoms with van der Waals surface area (Å²) in [5.41, 5.74) is 0.695. The fourth-order valence-electron chi connectivity index (χ4n) is 2.80. The molecule has 146 valence electrons. The second-order valence-corrected chi connectivity index (χ2v) is 7.58. The van der Waals surface area contributed by atoms with Gasteiger partial charge in [-0.25, -0.2) is 4.79 Å². The van der Waals surface area contributed by atoms with E-state index >= 15 is 0 Å². The van der Waals surface area contributed by atoms with Crippen molar-refractivity contribution >= 4 is 64.2 Å². The van der Waals surface area contributed by atoms with Gasteiger partial charge in [-0.2, -0.15) is 0 Å². The number of carbonyl (C=O) groups excluding carboxylic acids is 3. The first-order chi connectivity index (χ1) is 13.3. The van der Waals surface area contributed by atoms with Gasteiger partial charge in [0.15, 0.2) is 0 Å². The molecule has 0 spiro atoms. The number of hydrogen-bond donors (Lipinski definition) is 0. The molecule has 1 aliphatic rings. The lowest BCUT2D eigenvalue weighted by Gasteiger charge is -2.12. The Hall–Kier alpha value is -1.79. The summed E-state index contributed by atoms with van der Waals surface area (Å²) >= 11 is 23.9. The van der Waals surface area contributed by atoms with Gasteiger partial charge in [0.05, 0.1) is 31.2 Å². The molecule has 2 amide bonds. The van der Waals surface area contributed by atoms with Crippen molar-refractivity contribution in [2.75, 3.05) is 0 Å². The quantitative estimate of drug-likeness (QED) is 0.237. The van der Waals surface area contributed by atoms with Crippen LogP contribution in [0, 0.1) is 0 Å². The van der Waals surface area contributed by atoms with E-state index in [9.17, 15) is 14.4 Å². The molecule has 28 heavy (non-hydrogen) atoms. The Morgan fingerprint density at radius 2 is 1.36 bits per heavy atom. The minimum absolute atomic E-state index is 0.0449. The van der Waals surface area contributed by atoms with E-state index in [0.29, 0.717) is 11.5 Å². The molecule has 0 radical (unpaired) electrons. The molecule has 1 heterocycles. The Bertz CT molecular complexity index is 915. The first-order valence-electron chi connectivity index (χ1n) is 8.32. The van der Waals surface area contributed by atoms with Crippen LogP contribution in [0.15, 0.2) is 30.3 Å². The van der Waals surface area contributed by atoms with Crippen molar-refractivity contribution in [2.45, 2.75) is 25.7 Å². The SMILES string of the molecule is O=C(CCCCc1ccccc1)ON1C(=O)c2c(Cl)c(Cl)c(Cl)c(Cl)c2C1=O. The number of hydrogen-bond acceptors (Lipinski definition) is 4. The summed E-state index contributed by atoms with van der Waals surface area (Å²) in [4.78, 5) is 42.0. The van der Waals surface area contributed by atoms with Crippen LogP contribution in [0.3, 0.4) is 0 Å². The van der Waals surface area contributed by atoms with E-state index in [4.69, 9.17) is 51.2 Å². The smallest absolute Gasteiger partial charge is 0.330 e. The van der Waals surface area contributed by atoms with Gasteiger partial charge in [-0.3, -0.25) is 9.59 Å². The summed E-state index contributed by atoms with van der Waals surface area (Å²) in [5.74, 6) is -2.54. The molecule has 0 saturated carbocycles. The fraction of sp³-hybridized carbons (Fsp3) is 0.211. The second-order valence-electron chi connectivity index (χ2n) is 6.07. The van der Waals surface area contributed by atoms with E-state index in [-0.39, 0.29) is 37.6 Å². The van der Waals surface area contributed by atoms with Crippen LogP contribution in [-0.4, -0.2) is 22.8 Å². The predicted octanol–water partition coefficient (Wildman–Crippen LogP) is 5.77. The zero-order valence-corrected chi connectivity index (χ0v) is 17.3.